The highest BCUT2D eigenvalue weighted by atomic mass is 19.4. The smallest absolute Gasteiger partial charge is 0.416 e. The molecule has 0 saturated heterocycles. The van der Waals surface area contributed by atoms with Crippen LogP contribution in [-0.2, 0) is 23.7 Å². The predicted octanol–water partition coefficient (Wildman–Crippen LogP) is 8.00. The van der Waals surface area contributed by atoms with Gasteiger partial charge < -0.3 is 5.11 Å². The number of carbonyl (C=O) groups is 1. The third-order valence-corrected chi connectivity index (χ3v) is 7.19. The van der Waals surface area contributed by atoms with Crippen LogP contribution in [0.1, 0.15) is 74.1 Å². The van der Waals surface area contributed by atoms with Crippen LogP contribution in [0.25, 0.3) is 0 Å². The standard InChI is InChI=1S/C28H33F6NO2/c1-18(2)14-15-35(17-19-6-10-22(11-7-19)27(29,30)31)24-5-3-4-21(16-25(36)37)26(24)20-8-12-23(13-9-20)28(32,33)34/h6-13,18,21,24,26H,3-5,14-17H2,1-2H3,(H,36,37)/t21-,24-,26+/m0/s1. The fourth-order valence-electron chi connectivity index (χ4n) is 5.33. The van der Waals surface area contributed by atoms with Gasteiger partial charge in [-0.1, -0.05) is 44.5 Å². The van der Waals surface area contributed by atoms with Gasteiger partial charge in [0.2, 0.25) is 0 Å². The van der Waals surface area contributed by atoms with E-state index in [2.05, 4.69) is 18.7 Å². The second-order valence-electron chi connectivity index (χ2n) is 10.3. The van der Waals surface area contributed by atoms with E-state index in [1.807, 2.05) is 0 Å². The van der Waals surface area contributed by atoms with E-state index >= 15 is 0 Å². The summed E-state index contributed by atoms with van der Waals surface area (Å²) in [5, 5.41) is 9.55. The van der Waals surface area contributed by atoms with Crippen molar-refractivity contribution in [1.29, 1.82) is 0 Å². The Hall–Kier alpha value is -2.55. The van der Waals surface area contributed by atoms with Gasteiger partial charge in [0.1, 0.15) is 0 Å². The summed E-state index contributed by atoms with van der Waals surface area (Å²) in [4.78, 5) is 13.9. The summed E-state index contributed by atoms with van der Waals surface area (Å²) in [6, 6.07) is 9.82. The maximum Gasteiger partial charge on any atom is 0.416 e. The second kappa shape index (κ2) is 11.9. The summed E-state index contributed by atoms with van der Waals surface area (Å²) < 4.78 is 78.7. The monoisotopic (exact) mass is 529 g/mol. The van der Waals surface area contributed by atoms with Crippen molar-refractivity contribution in [3.8, 4) is 0 Å². The van der Waals surface area contributed by atoms with Gasteiger partial charge in [-0.15, -0.1) is 0 Å². The maximum atomic E-state index is 13.2. The Morgan fingerprint density at radius 3 is 1.95 bits per heavy atom. The lowest BCUT2D eigenvalue weighted by molar-refractivity contribution is -0.139. The maximum absolute atomic E-state index is 13.2. The number of carboxylic acids is 1. The summed E-state index contributed by atoms with van der Waals surface area (Å²) in [6.07, 6.45) is -6.05. The Labute approximate surface area is 213 Å². The molecule has 9 heteroatoms. The fraction of sp³-hybridized carbons (Fsp3) is 0.536. The molecular formula is C28H33F6NO2. The third-order valence-electron chi connectivity index (χ3n) is 7.19. The molecular weight excluding hydrogens is 496 g/mol. The fourth-order valence-corrected chi connectivity index (χ4v) is 5.33. The minimum absolute atomic E-state index is 0.0967. The van der Waals surface area contributed by atoms with E-state index in [0.717, 1.165) is 43.5 Å². The average Bonchev–Trinajstić information content (AvgIpc) is 2.80. The van der Waals surface area contributed by atoms with E-state index in [1.54, 1.807) is 0 Å². The number of carboxylic acid groups (broad SMARTS) is 1. The van der Waals surface area contributed by atoms with Crippen molar-refractivity contribution in [2.75, 3.05) is 6.54 Å². The molecule has 1 fully saturated rings. The molecule has 0 amide bonds. The van der Waals surface area contributed by atoms with Gasteiger partial charge in [-0.25, -0.2) is 0 Å². The molecule has 0 aliphatic heterocycles. The highest BCUT2D eigenvalue weighted by Crippen LogP contribution is 2.43. The number of halogens is 6. The summed E-state index contributed by atoms with van der Waals surface area (Å²) in [5.74, 6) is -1.17. The van der Waals surface area contributed by atoms with Crippen molar-refractivity contribution in [3.05, 3.63) is 70.8 Å². The molecule has 2 aromatic carbocycles. The number of hydrogen-bond acceptors (Lipinski definition) is 2. The molecule has 3 atom stereocenters. The highest BCUT2D eigenvalue weighted by molar-refractivity contribution is 5.67. The molecule has 0 bridgehead atoms. The normalized spacial score (nSPS) is 21.0. The summed E-state index contributed by atoms with van der Waals surface area (Å²) in [7, 11) is 0. The number of aliphatic carboxylic acids is 1. The quantitative estimate of drug-likeness (QED) is 0.335. The third kappa shape index (κ3) is 7.97. The van der Waals surface area contributed by atoms with Gasteiger partial charge in [-0.05, 0) is 73.0 Å². The second-order valence-corrected chi connectivity index (χ2v) is 10.3. The average molecular weight is 530 g/mol. The molecule has 0 radical (unpaired) electrons. The highest BCUT2D eigenvalue weighted by Gasteiger charge is 2.39. The number of hydrogen-bond donors (Lipinski definition) is 1. The van der Waals surface area contributed by atoms with Crippen LogP contribution in [-0.4, -0.2) is 28.6 Å². The molecule has 1 N–H and O–H groups in total. The largest absolute Gasteiger partial charge is 0.481 e. The van der Waals surface area contributed by atoms with Crippen LogP contribution in [0.3, 0.4) is 0 Å². The van der Waals surface area contributed by atoms with E-state index in [1.165, 1.54) is 24.3 Å². The molecule has 0 aromatic heterocycles. The van der Waals surface area contributed by atoms with E-state index < -0.39 is 29.4 Å². The van der Waals surface area contributed by atoms with E-state index in [9.17, 15) is 36.2 Å². The molecule has 37 heavy (non-hydrogen) atoms. The van der Waals surface area contributed by atoms with Crippen LogP contribution >= 0.6 is 0 Å². The van der Waals surface area contributed by atoms with Gasteiger partial charge in [-0.3, -0.25) is 9.69 Å². The first-order valence-electron chi connectivity index (χ1n) is 12.5. The van der Waals surface area contributed by atoms with Gasteiger partial charge in [0.05, 0.1) is 11.1 Å². The van der Waals surface area contributed by atoms with E-state index in [4.69, 9.17) is 0 Å². The molecule has 1 aliphatic rings. The molecule has 3 nitrogen and oxygen atoms in total. The minimum atomic E-state index is -4.48. The zero-order valence-electron chi connectivity index (χ0n) is 20.9. The Bertz CT molecular complexity index is 1010. The lowest BCUT2D eigenvalue weighted by Gasteiger charge is -2.44. The van der Waals surface area contributed by atoms with Crippen molar-refractivity contribution in [1.82, 2.24) is 4.90 Å². The molecule has 3 rings (SSSR count). The number of rotatable bonds is 9. The van der Waals surface area contributed by atoms with E-state index in [0.29, 0.717) is 36.6 Å². The minimum Gasteiger partial charge on any atom is -0.481 e. The van der Waals surface area contributed by atoms with Gasteiger partial charge in [0, 0.05) is 24.9 Å². The van der Waals surface area contributed by atoms with Gasteiger partial charge in [-0.2, -0.15) is 26.3 Å². The van der Waals surface area contributed by atoms with Crippen molar-refractivity contribution in [2.45, 2.75) is 76.8 Å². The number of benzene rings is 2. The molecule has 2 aromatic rings. The SMILES string of the molecule is CC(C)CCN(Cc1ccc(C(F)(F)F)cc1)[C@H]1CCC[C@@H](CC(=O)O)[C@H]1c1ccc(C(F)(F)F)cc1. The molecule has 204 valence electrons. The molecule has 1 saturated carbocycles. The van der Waals surface area contributed by atoms with Gasteiger partial charge in [0.25, 0.3) is 0 Å². The Kier molecular flexibility index (Phi) is 9.32. The zero-order chi connectivity index (χ0) is 27.4. The number of alkyl halides is 6. The zero-order valence-corrected chi connectivity index (χ0v) is 20.9. The number of nitrogens with zero attached hydrogens (tertiary/aromatic N) is 1. The topological polar surface area (TPSA) is 40.5 Å². The van der Waals surface area contributed by atoms with Crippen molar-refractivity contribution in [2.24, 2.45) is 11.8 Å². The molecule has 0 unspecified atom stereocenters. The lowest BCUT2D eigenvalue weighted by Crippen LogP contribution is -2.45. The summed E-state index contributed by atoms with van der Waals surface area (Å²) >= 11 is 0. The van der Waals surface area contributed by atoms with Crippen LogP contribution in [0.2, 0.25) is 0 Å². The Morgan fingerprint density at radius 1 is 0.919 bits per heavy atom. The van der Waals surface area contributed by atoms with E-state index in [-0.39, 0.29) is 24.3 Å². The molecule has 1 aliphatic carbocycles. The summed E-state index contributed by atoms with van der Waals surface area (Å²) in [6.45, 7) is 5.14. The van der Waals surface area contributed by atoms with Gasteiger partial charge in [0.15, 0.2) is 0 Å². The molecule has 0 heterocycles. The van der Waals surface area contributed by atoms with Crippen LogP contribution < -0.4 is 0 Å². The Morgan fingerprint density at radius 2 is 1.46 bits per heavy atom. The summed E-state index contributed by atoms with van der Waals surface area (Å²) in [5.41, 5.74) is -0.138. The van der Waals surface area contributed by atoms with Crippen LogP contribution in [0.4, 0.5) is 26.3 Å². The first kappa shape index (κ1) is 29.0. The first-order chi connectivity index (χ1) is 17.3. The lowest BCUT2D eigenvalue weighted by atomic mass is 9.70. The van der Waals surface area contributed by atoms with Gasteiger partial charge >= 0.3 is 18.3 Å². The van der Waals surface area contributed by atoms with Crippen molar-refractivity contribution < 1.29 is 36.2 Å². The Balaban J connectivity index is 1.97. The van der Waals surface area contributed by atoms with Crippen LogP contribution in [0.15, 0.2) is 48.5 Å². The van der Waals surface area contributed by atoms with Crippen LogP contribution in [0.5, 0.6) is 0 Å². The first-order valence-corrected chi connectivity index (χ1v) is 12.5. The molecule has 0 spiro atoms. The van der Waals surface area contributed by atoms with Crippen molar-refractivity contribution in [3.63, 3.8) is 0 Å². The van der Waals surface area contributed by atoms with Crippen molar-refractivity contribution >= 4 is 5.97 Å². The predicted molar refractivity (Wildman–Crippen MR) is 129 cm³/mol. The van der Waals surface area contributed by atoms with Crippen LogP contribution in [0, 0.1) is 11.8 Å².